The Labute approximate surface area is 251 Å². The maximum Gasteiger partial charge on any atom is 0.306 e. The van der Waals surface area contributed by atoms with Crippen molar-refractivity contribution in [2.24, 2.45) is 5.92 Å². The van der Waals surface area contributed by atoms with Crippen LogP contribution in [-0.4, -0.2) is 76.1 Å². The summed E-state index contributed by atoms with van der Waals surface area (Å²) >= 11 is 0. The number of aliphatic hydroxyl groups is 1. The van der Waals surface area contributed by atoms with Crippen molar-refractivity contribution in [2.45, 2.75) is 82.6 Å². The first-order chi connectivity index (χ1) is 20.5. The molecule has 3 N–H and O–H groups in total. The van der Waals surface area contributed by atoms with E-state index in [9.17, 15) is 24.3 Å². The third kappa shape index (κ3) is 7.70. The molecule has 5 rings (SSSR count). The Morgan fingerprint density at radius 3 is 2.47 bits per heavy atom. The van der Waals surface area contributed by atoms with Crippen LogP contribution in [0, 0.1) is 5.92 Å². The van der Waals surface area contributed by atoms with Gasteiger partial charge in [-0.15, -0.1) is 0 Å². The van der Waals surface area contributed by atoms with Crippen molar-refractivity contribution < 1.29 is 33.8 Å². The van der Waals surface area contributed by atoms with Gasteiger partial charge < -0.3 is 30.1 Å². The Hall–Kier alpha value is -3.99. The fraction of sp³-hybridized carbons (Fsp3) is 0.531. The van der Waals surface area contributed by atoms with Gasteiger partial charge in [0.15, 0.2) is 0 Å². The van der Waals surface area contributed by atoms with E-state index in [1.807, 2.05) is 19.1 Å². The first kappa shape index (κ1) is 30.5. The zero-order valence-corrected chi connectivity index (χ0v) is 24.9. The Balaban J connectivity index is 1.22. The third-order valence-corrected chi connectivity index (χ3v) is 8.19. The van der Waals surface area contributed by atoms with E-state index in [1.54, 1.807) is 17.0 Å². The van der Waals surface area contributed by atoms with Crippen molar-refractivity contribution in [3.8, 4) is 5.75 Å². The van der Waals surface area contributed by atoms with E-state index >= 15 is 0 Å². The summed E-state index contributed by atoms with van der Waals surface area (Å²) in [5.74, 6) is -0.779. The number of benzene rings is 1. The molecule has 1 aromatic carbocycles. The molecular formula is C32H40N4O7. The molecule has 230 valence electrons. The maximum absolute atomic E-state index is 13.0. The molecule has 2 aromatic rings. The summed E-state index contributed by atoms with van der Waals surface area (Å²) in [5, 5.41) is 16.0. The minimum absolute atomic E-state index is 0.0991. The predicted molar refractivity (Wildman–Crippen MR) is 156 cm³/mol. The van der Waals surface area contributed by atoms with Crippen LogP contribution in [0.4, 0.5) is 0 Å². The lowest BCUT2D eigenvalue weighted by Gasteiger charge is -2.34. The second-order valence-corrected chi connectivity index (χ2v) is 12.4. The van der Waals surface area contributed by atoms with E-state index in [0.717, 1.165) is 18.4 Å². The lowest BCUT2D eigenvalue weighted by molar-refractivity contribution is -0.138. The molecule has 3 fully saturated rings. The van der Waals surface area contributed by atoms with E-state index in [0.29, 0.717) is 24.8 Å². The zero-order valence-electron chi connectivity index (χ0n) is 24.9. The van der Waals surface area contributed by atoms with Gasteiger partial charge in [-0.2, -0.15) is 0 Å². The van der Waals surface area contributed by atoms with Gasteiger partial charge in [0, 0.05) is 19.1 Å². The largest absolute Gasteiger partial charge is 0.482 e. The van der Waals surface area contributed by atoms with Crippen LogP contribution in [0.1, 0.15) is 86.5 Å². The Morgan fingerprint density at radius 2 is 1.86 bits per heavy atom. The number of carbonyl (C=O) groups is 4. The normalized spacial score (nSPS) is 21.9. The quantitative estimate of drug-likeness (QED) is 0.357. The molecule has 43 heavy (non-hydrogen) atoms. The number of hydrogen-bond donors (Lipinski definition) is 3. The molecule has 3 heterocycles. The van der Waals surface area contributed by atoms with Gasteiger partial charge in [-0.1, -0.05) is 24.3 Å². The zero-order chi connectivity index (χ0) is 30.7. The van der Waals surface area contributed by atoms with Gasteiger partial charge in [-0.25, -0.2) is 4.98 Å². The van der Waals surface area contributed by atoms with Gasteiger partial charge in [0.25, 0.3) is 11.8 Å². The van der Waals surface area contributed by atoms with Crippen LogP contribution >= 0.6 is 0 Å². The van der Waals surface area contributed by atoms with Crippen LogP contribution in [0.3, 0.4) is 0 Å². The highest BCUT2D eigenvalue weighted by molar-refractivity contribution is 5.92. The molecule has 0 radical (unpaired) electrons. The molecule has 0 spiro atoms. The number of aromatic nitrogens is 1. The van der Waals surface area contributed by atoms with Gasteiger partial charge in [-0.05, 0) is 75.6 Å². The summed E-state index contributed by atoms with van der Waals surface area (Å²) in [6.07, 6.45) is 4.85. The number of hydrogen-bond acceptors (Lipinski definition) is 8. The average molecular weight is 593 g/mol. The summed E-state index contributed by atoms with van der Waals surface area (Å²) < 4.78 is 11.2. The number of pyridine rings is 1. The van der Waals surface area contributed by atoms with Gasteiger partial charge in [0.05, 0.1) is 24.6 Å². The molecular weight excluding hydrogens is 552 g/mol. The first-order valence-electron chi connectivity index (χ1n) is 15.0. The number of nitrogens with one attached hydrogen (secondary N) is 2. The second-order valence-electron chi connectivity index (χ2n) is 12.4. The van der Waals surface area contributed by atoms with E-state index in [-0.39, 0.29) is 42.5 Å². The highest BCUT2D eigenvalue weighted by Crippen LogP contribution is 2.40. The second kappa shape index (κ2) is 12.7. The fourth-order valence-electron chi connectivity index (χ4n) is 5.51. The number of esters is 1. The van der Waals surface area contributed by atoms with E-state index < -0.39 is 29.6 Å². The smallest absolute Gasteiger partial charge is 0.306 e. The average Bonchev–Trinajstić information content (AvgIpc) is 3.75. The van der Waals surface area contributed by atoms with Crippen molar-refractivity contribution >= 4 is 23.7 Å². The molecule has 3 amide bonds. The summed E-state index contributed by atoms with van der Waals surface area (Å²) in [7, 11) is 0. The molecule has 3 aliphatic rings. The fourth-order valence-corrected chi connectivity index (χ4v) is 5.51. The number of ether oxygens (including phenoxy) is 2. The van der Waals surface area contributed by atoms with E-state index in [4.69, 9.17) is 9.47 Å². The molecule has 11 heteroatoms. The monoisotopic (exact) mass is 592 g/mol. The van der Waals surface area contributed by atoms with Crippen molar-refractivity contribution in [2.75, 3.05) is 19.7 Å². The molecule has 2 saturated heterocycles. The topological polar surface area (TPSA) is 147 Å². The summed E-state index contributed by atoms with van der Waals surface area (Å²) in [4.78, 5) is 55.8. The number of nitrogens with zero attached hydrogens (tertiary/aromatic N) is 2. The van der Waals surface area contributed by atoms with Crippen molar-refractivity contribution in [3.63, 3.8) is 0 Å². The Bertz CT molecular complexity index is 1330. The molecule has 1 aromatic heterocycles. The van der Waals surface area contributed by atoms with Gasteiger partial charge in [-0.3, -0.25) is 19.2 Å². The van der Waals surface area contributed by atoms with Crippen molar-refractivity contribution in [1.29, 1.82) is 0 Å². The highest BCUT2D eigenvalue weighted by atomic mass is 16.5. The van der Waals surface area contributed by atoms with E-state index in [2.05, 4.69) is 27.8 Å². The molecule has 11 nitrogen and oxygen atoms in total. The molecule has 0 bridgehead atoms. The van der Waals surface area contributed by atoms with Crippen LogP contribution in [0.2, 0.25) is 0 Å². The van der Waals surface area contributed by atoms with Crippen LogP contribution < -0.4 is 15.4 Å². The Morgan fingerprint density at radius 1 is 1.12 bits per heavy atom. The highest BCUT2D eigenvalue weighted by Gasteiger charge is 2.35. The maximum atomic E-state index is 13.0. The van der Waals surface area contributed by atoms with Crippen molar-refractivity contribution in [3.05, 3.63) is 59.4 Å². The predicted octanol–water partition coefficient (Wildman–Crippen LogP) is 2.64. The molecule has 4 atom stereocenters. The van der Waals surface area contributed by atoms with Crippen LogP contribution in [-0.2, 0) is 19.1 Å². The van der Waals surface area contributed by atoms with Crippen molar-refractivity contribution in [1.82, 2.24) is 20.5 Å². The number of cyclic esters (lactones) is 1. The minimum Gasteiger partial charge on any atom is -0.482 e. The number of carbonyl (C=O) groups excluding carboxylic acids is 4. The van der Waals surface area contributed by atoms with Crippen LogP contribution in [0.25, 0.3) is 0 Å². The SMILES string of the molecule is C[C@H](NC(=O)C(C)(C)O)[C@H](Oc1ccc(C(=O)N[C@H]2CCCN(C(=O)[C@H]3COC(=O)C3)C2)nc1)c1ccc(C2CC2)cc1. The van der Waals surface area contributed by atoms with Gasteiger partial charge in [0.2, 0.25) is 5.91 Å². The molecule has 1 aliphatic carbocycles. The molecule has 2 aliphatic heterocycles. The van der Waals surface area contributed by atoms with Gasteiger partial charge in [0.1, 0.15) is 29.8 Å². The number of rotatable bonds is 10. The summed E-state index contributed by atoms with van der Waals surface area (Å²) in [6, 6.07) is 10.7. The lowest BCUT2D eigenvalue weighted by Crippen LogP contribution is -2.51. The summed E-state index contributed by atoms with van der Waals surface area (Å²) in [5.41, 5.74) is 0.803. The van der Waals surface area contributed by atoms with Gasteiger partial charge >= 0.3 is 5.97 Å². The number of piperidine rings is 1. The van der Waals surface area contributed by atoms with Crippen LogP contribution in [0.5, 0.6) is 5.75 Å². The first-order valence-corrected chi connectivity index (χ1v) is 15.0. The third-order valence-electron chi connectivity index (χ3n) is 8.19. The van der Waals surface area contributed by atoms with E-state index in [1.165, 1.54) is 38.4 Å². The number of amides is 3. The van der Waals surface area contributed by atoms with Crippen LogP contribution in [0.15, 0.2) is 42.6 Å². The minimum atomic E-state index is -1.54. The molecule has 0 unspecified atom stereocenters. The molecule has 1 saturated carbocycles. The number of likely N-dealkylation sites (tertiary alicyclic amines) is 1. The summed E-state index contributed by atoms with van der Waals surface area (Å²) in [6.45, 7) is 5.73. The Kier molecular flexibility index (Phi) is 9.00. The standard InChI is InChI=1S/C32H40N4O7/c1-19(34-31(40)32(2,3)41)28(22-10-8-21(9-11-22)20-6-7-20)43-25-12-13-26(33-16-25)29(38)35-24-5-4-14-36(17-24)30(39)23-15-27(37)42-18-23/h8-13,16,19-20,23-24,28,41H,4-7,14-15,17-18H2,1-3H3,(H,34,40)(H,35,38)/t19-,23+,24-,28-/m0/s1. The lowest BCUT2D eigenvalue weighted by atomic mass is 9.99.